The number of rotatable bonds is 2. The Hall–Kier alpha value is -2.68. The molecule has 0 aliphatic carbocycles. The second kappa shape index (κ2) is 4.17. The molecule has 0 aliphatic rings. The minimum Gasteiger partial charge on any atom is -0.265 e. The molecule has 0 unspecified atom stereocenters. The van der Waals surface area contributed by atoms with E-state index < -0.39 is 0 Å². The van der Waals surface area contributed by atoms with Crippen LogP contribution in [0.2, 0.25) is 0 Å². The molecule has 0 bridgehead atoms. The van der Waals surface area contributed by atoms with Crippen LogP contribution in [0.3, 0.4) is 0 Å². The molecule has 0 saturated carbocycles. The molecule has 0 radical (unpaired) electrons. The quantitative estimate of drug-likeness (QED) is 0.546. The van der Waals surface area contributed by atoms with Gasteiger partial charge in [-0.2, -0.15) is 14.7 Å². The van der Waals surface area contributed by atoms with Gasteiger partial charge in [-0.3, -0.25) is 9.67 Å². The summed E-state index contributed by atoms with van der Waals surface area (Å²) in [4.78, 5) is 8.97. The van der Waals surface area contributed by atoms with Gasteiger partial charge in [-0.1, -0.05) is 11.3 Å². The minimum atomic E-state index is 0.581. The van der Waals surface area contributed by atoms with Crippen LogP contribution in [0.1, 0.15) is 0 Å². The van der Waals surface area contributed by atoms with Gasteiger partial charge in [0.15, 0.2) is 5.01 Å². The number of hydrogen-bond donors (Lipinski definition) is 0. The van der Waals surface area contributed by atoms with Gasteiger partial charge in [-0.05, 0) is 6.07 Å². The van der Waals surface area contributed by atoms with E-state index in [0.717, 1.165) is 10.7 Å². The largest absolute Gasteiger partial charge is 0.265 e. The fourth-order valence-electron chi connectivity index (χ4n) is 1.88. The topological polar surface area (TPSA) is 86.7 Å². The lowest BCUT2D eigenvalue weighted by molar-refractivity contribution is 0.772. The van der Waals surface area contributed by atoms with Crippen molar-refractivity contribution in [2.75, 3.05) is 0 Å². The summed E-state index contributed by atoms with van der Waals surface area (Å²) < 4.78 is 3.45. The lowest BCUT2D eigenvalue weighted by Gasteiger charge is -1.95. The molecule has 0 aromatic carbocycles. The first-order valence-corrected chi connectivity index (χ1v) is 6.61. The van der Waals surface area contributed by atoms with Crippen molar-refractivity contribution in [2.45, 2.75) is 0 Å². The highest BCUT2D eigenvalue weighted by Crippen LogP contribution is 2.26. The molecule has 0 atom stereocenters. The number of hydrogen-bond acceptors (Lipinski definition) is 7. The van der Waals surface area contributed by atoms with Gasteiger partial charge in [-0.15, -0.1) is 10.2 Å². The van der Waals surface area contributed by atoms with Crippen LogP contribution < -0.4 is 0 Å². The maximum Gasteiger partial charge on any atom is 0.235 e. The van der Waals surface area contributed by atoms with E-state index in [1.807, 2.05) is 13.1 Å². The van der Waals surface area contributed by atoms with Gasteiger partial charge in [-0.25, -0.2) is 4.98 Å². The molecule has 0 amide bonds. The molecule has 98 valence electrons. The van der Waals surface area contributed by atoms with Crippen molar-refractivity contribution < 1.29 is 0 Å². The van der Waals surface area contributed by atoms with Crippen molar-refractivity contribution in [3.05, 3.63) is 30.9 Å². The summed E-state index contributed by atoms with van der Waals surface area (Å²) >= 11 is 1.45. The fourth-order valence-corrected chi connectivity index (χ4v) is 2.77. The summed E-state index contributed by atoms with van der Waals surface area (Å²) in [5, 5.41) is 17.7. The lowest BCUT2D eigenvalue weighted by Crippen LogP contribution is -1.96. The molecule has 4 aromatic heterocycles. The van der Waals surface area contributed by atoms with E-state index >= 15 is 0 Å². The Morgan fingerprint density at radius 3 is 2.85 bits per heavy atom. The molecule has 0 fully saturated rings. The molecule has 9 heteroatoms. The average molecular weight is 284 g/mol. The van der Waals surface area contributed by atoms with E-state index in [-0.39, 0.29) is 0 Å². The van der Waals surface area contributed by atoms with Crippen molar-refractivity contribution >= 4 is 16.3 Å². The third kappa shape index (κ3) is 1.60. The van der Waals surface area contributed by atoms with Crippen LogP contribution in [0.15, 0.2) is 30.9 Å². The van der Waals surface area contributed by atoms with Gasteiger partial charge < -0.3 is 0 Å². The van der Waals surface area contributed by atoms with Crippen LogP contribution in [0.5, 0.6) is 0 Å². The molecule has 0 N–H and O–H groups in total. The SMILES string of the molecule is Cn1nccc1-c1nn2c(-c3cnccn3)nnc2s1. The van der Waals surface area contributed by atoms with E-state index in [9.17, 15) is 0 Å². The number of fused-ring (bicyclic) bond motifs is 1. The molecule has 4 aromatic rings. The van der Waals surface area contributed by atoms with Crippen LogP contribution in [0.4, 0.5) is 0 Å². The predicted octanol–water partition coefficient (Wildman–Crippen LogP) is 1.04. The average Bonchev–Trinajstić information content (AvgIpc) is 3.13. The van der Waals surface area contributed by atoms with E-state index in [1.165, 1.54) is 11.3 Å². The zero-order valence-corrected chi connectivity index (χ0v) is 11.2. The second-order valence-electron chi connectivity index (χ2n) is 4.06. The molecular weight excluding hydrogens is 276 g/mol. The summed E-state index contributed by atoms with van der Waals surface area (Å²) in [5.41, 5.74) is 1.58. The molecule has 0 saturated heterocycles. The van der Waals surface area contributed by atoms with E-state index in [2.05, 4.69) is 30.4 Å². The smallest absolute Gasteiger partial charge is 0.235 e. The molecule has 0 aliphatic heterocycles. The molecular formula is C11H8N8S. The Kier molecular flexibility index (Phi) is 2.33. The zero-order chi connectivity index (χ0) is 13.5. The summed E-state index contributed by atoms with van der Waals surface area (Å²) in [6, 6.07) is 1.91. The Balaban J connectivity index is 1.90. The maximum absolute atomic E-state index is 4.53. The molecule has 4 heterocycles. The summed E-state index contributed by atoms with van der Waals surface area (Å²) in [7, 11) is 1.88. The summed E-state index contributed by atoms with van der Waals surface area (Å²) in [6.45, 7) is 0. The standard InChI is InChI=1S/C11H8N8S/c1-18-8(2-3-14-18)10-17-19-9(15-16-11(19)20-10)7-6-12-4-5-13-7/h2-6H,1H3. The Morgan fingerprint density at radius 2 is 2.10 bits per heavy atom. The zero-order valence-electron chi connectivity index (χ0n) is 10.4. The predicted molar refractivity (Wildman–Crippen MR) is 71.9 cm³/mol. The number of nitrogens with zero attached hydrogens (tertiary/aromatic N) is 8. The van der Waals surface area contributed by atoms with Crippen molar-refractivity contribution in [2.24, 2.45) is 7.05 Å². The third-order valence-electron chi connectivity index (χ3n) is 2.82. The van der Waals surface area contributed by atoms with Crippen LogP contribution in [0.25, 0.3) is 27.2 Å². The van der Waals surface area contributed by atoms with Gasteiger partial charge in [0.2, 0.25) is 10.8 Å². The highest BCUT2D eigenvalue weighted by atomic mass is 32.1. The van der Waals surface area contributed by atoms with E-state index in [0.29, 0.717) is 16.5 Å². The minimum absolute atomic E-state index is 0.581. The normalized spacial score (nSPS) is 11.2. The first kappa shape index (κ1) is 11.2. The molecule has 8 nitrogen and oxygen atoms in total. The van der Waals surface area contributed by atoms with Crippen LogP contribution >= 0.6 is 11.3 Å². The van der Waals surface area contributed by atoms with E-state index in [4.69, 9.17) is 0 Å². The van der Waals surface area contributed by atoms with Gasteiger partial charge >= 0.3 is 0 Å². The first-order chi connectivity index (χ1) is 9.83. The Morgan fingerprint density at radius 1 is 1.15 bits per heavy atom. The van der Waals surface area contributed by atoms with Gasteiger partial charge in [0, 0.05) is 25.6 Å². The van der Waals surface area contributed by atoms with Crippen molar-refractivity contribution in [3.63, 3.8) is 0 Å². The molecule has 0 spiro atoms. The van der Waals surface area contributed by atoms with Crippen LogP contribution in [-0.4, -0.2) is 39.6 Å². The van der Waals surface area contributed by atoms with Gasteiger partial charge in [0.25, 0.3) is 0 Å². The molecule has 4 rings (SSSR count). The number of aryl methyl sites for hydroxylation is 1. The van der Waals surface area contributed by atoms with Gasteiger partial charge in [0.05, 0.1) is 11.9 Å². The first-order valence-electron chi connectivity index (χ1n) is 5.80. The van der Waals surface area contributed by atoms with Crippen molar-refractivity contribution in [1.29, 1.82) is 0 Å². The summed E-state index contributed by atoms with van der Waals surface area (Å²) in [5.74, 6) is 0.581. The summed E-state index contributed by atoms with van der Waals surface area (Å²) in [6.07, 6.45) is 6.61. The lowest BCUT2D eigenvalue weighted by atomic mass is 10.4. The molecule has 20 heavy (non-hydrogen) atoms. The van der Waals surface area contributed by atoms with E-state index in [1.54, 1.807) is 34.0 Å². The highest BCUT2D eigenvalue weighted by Gasteiger charge is 2.16. The second-order valence-corrected chi connectivity index (χ2v) is 5.01. The van der Waals surface area contributed by atoms with Crippen molar-refractivity contribution in [3.8, 4) is 22.2 Å². The van der Waals surface area contributed by atoms with Crippen molar-refractivity contribution in [1.82, 2.24) is 39.6 Å². The number of aromatic nitrogens is 8. The Labute approximate surface area is 116 Å². The Bertz CT molecular complexity index is 874. The maximum atomic E-state index is 4.53. The highest BCUT2D eigenvalue weighted by molar-refractivity contribution is 7.19. The van der Waals surface area contributed by atoms with Crippen LogP contribution in [-0.2, 0) is 7.05 Å². The third-order valence-corrected chi connectivity index (χ3v) is 3.74. The fraction of sp³-hybridized carbons (Fsp3) is 0.0909. The monoisotopic (exact) mass is 284 g/mol. The van der Waals surface area contributed by atoms with Gasteiger partial charge in [0.1, 0.15) is 5.69 Å². The van der Waals surface area contributed by atoms with Crippen LogP contribution in [0, 0.1) is 0 Å².